The SMILES string of the molecule is C/C(=C\C1COC(C)(C)N1C(=O)OC(C)(C)C)[C@@H]1OC(=O)[C@H](C)[C@H](O)[C@H]1C. The van der Waals surface area contributed by atoms with Gasteiger partial charge < -0.3 is 19.3 Å². The zero-order chi connectivity index (χ0) is 20.7. The minimum Gasteiger partial charge on any atom is -0.457 e. The summed E-state index contributed by atoms with van der Waals surface area (Å²) in [6.45, 7) is 14.8. The third-order valence-corrected chi connectivity index (χ3v) is 5.16. The molecule has 2 aliphatic heterocycles. The van der Waals surface area contributed by atoms with E-state index in [4.69, 9.17) is 14.2 Å². The maximum absolute atomic E-state index is 12.7. The number of aliphatic hydroxyl groups excluding tert-OH is 1. The molecule has 0 radical (unpaired) electrons. The molecule has 0 aliphatic carbocycles. The van der Waals surface area contributed by atoms with Crippen molar-refractivity contribution in [2.24, 2.45) is 11.8 Å². The highest BCUT2D eigenvalue weighted by atomic mass is 16.6. The van der Waals surface area contributed by atoms with Gasteiger partial charge in [0.05, 0.1) is 24.7 Å². The maximum Gasteiger partial charge on any atom is 0.413 e. The Morgan fingerprint density at radius 3 is 2.48 bits per heavy atom. The van der Waals surface area contributed by atoms with Gasteiger partial charge in [0.1, 0.15) is 17.4 Å². The smallest absolute Gasteiger partial charge is 0.413 e. The van der Waals surface area contributed by atoms with Crippen molar-refractivity contribution < 1.29 is 28.9 Å². The largest absolute Gasteiger partial charge is 0.457 e. The van der Waals surface area contributed by atoms with Crippen LogP contribution in [0.2, 0.25) is 0 Å². The van der Waals surface area contributed by atoms with Gasteiger partial charge in [-0.25, -0.2) is 4.79 Å². The zero-order valence-electron chi connectivity index (χ0n) is 17.6. The fourth-order valence-corrected chi connectivity index (χ4v) is 3.64. The number of hydrogen-bond donors (Lipinski definition) is 1. The molecule has 2 heterocycles. The Bertz CT molecular complexity index is 620. The molecule has 0 spiro atoms. The Kier molecular flexibility index (Phi) is 5.97. The van der Waals surface area contributed by atoms with Crippen LogP contribution in [-0.4, -0.2) is 58.3 Å². The molecular formula is C20H33NO6. The van der Waals surface area contributed by atoms with Gasteiger partial charge in [0.2, 0.25) is 0 Å². The van der Waals surface area contributed by atoms with Crippen LogP contribution in [0.1, 0.15) is 55.4 Å². The quantitative estimate of drug-likeness (QED) is 0.583. The number of ether oxygens (including phenoxy) is 3. The molecule has 2 saturated heterocycles. The lowest BCUT2D eigenvalue weighted by molar-refractivity contribution is -0.173. The Morgan fingerprint density at radius 1 is 1.33 bits per heavy atom. The van der Waals surface area contributed by atoms with Crippen LogP contribution in [0.4, 0.5) is 4.79 Å². The van der Waals surface area contributed by atoms with Crippen LogP contribution in [0.3, 0.4) is 0 Å². The summed E-state index contributed by atoms with van der Waals surface area (Å²) in [4.78, 5) is 26.3. The molecule has 0 aromatic carbocycles. The molecule has 154 valence electrons. The first kappa shape index (κ1) is 21.7. The molecule has 0 aromatic rings. The summed E-state index contributed by atoms with van der Waals surface area (Å²) in [5.74, 6) is -1.19. The summed E-state index contributed by atoms with van der Waals surface area (Å²) < 4.78 is 16.9. The van der Waals surface area contributed by atoms with Crippen molar-refractivity contribution in [1.82, 2.24) is 4.90 Å². The Morgan fingerprint density at radius 2 is 1.93 bits per heavy atom. The van der Waals surface area contributed by atoms with Gasteiger partial charge in [-0.15, -0.1) is 0 Å². The van der Waals surface area contributed by atoms with Crippen molar-refractivity contribution in [3.05, 3.63) is 11.6 Å². The molecule has 1 unspecified atom stereocenters. The monoisotopic (exact) mass is 383 g/mol. The fraction of sp³-hybridized carbons (Fsp3) is 0.800. The molecule has 7 nitrogen and oxygen atoms in total. The van der Waals surface area contributed by atoms with Crippen molar-refractivity contribution in [3.63, 3.8) is 0 Å². The van der Waals surface area contributed by atoms with Crippen LogP contribution in [0.5, 0.6) is 0 Å². The van der Waals surface area contributed by atoms with Crippen LogP contribution >= 0.6 is 0 Å². The molecule has 1 amide bonds. The maximum atomic E-state index is 12.7. The van der Waals surface area contributed by atoms with E-state index in [-0.39, 0.29) is 12.0 Å². The standard InChI is InChI=1S/C20H33NO6/c1-11(16-12(2)15(22)13(3)17(23)26-16)9-14-10-25-20(7,8)21(14)18(24)27-19(4,5)6/h9,12-16,22H,10H2,1-8H3/b11-9+/t12-,13-,14?,15-,16+/m1/s1. The average Bonchev–Trinajstić information content (AvgIpc) is 2.81. The normalized spacial score (nSPS) is 34.4. The number of carbonyl (C=O) groups excluding carboxylic acids is 2. The van der Waals surface area contributed by atoms with Crippen LogP contribution in [0.15, 0.2) is 11.6 Å². The minimum atomic E-state index is -0.813. The van der Waals surface area contributed by atoms with Crippen molar-refractivity contribution in [2.45, 2.75) is 85.0 Å². The summed E-state index contributed by atoms with van der Waals surface area (Å²) in [6, 6.07) is -0.350. The molecule has 2 rings (SSSR count). The highest BCUT2D eigenvalue weighted by molar-refractivity contribution is 5.74. The second-order valence-electron chi connectivity index (χ2n) is 9.08. The van der Waals surface area contributed by atoms with Gasteiger partial charge in [-0.2, -0.15) is 0 Å². The Hall–Kier alpha value is -1.60. The van der Waals surface area contributed by atoms with E-state index in [0.29, 0.717) is 6.61 Å². The summed E-state index contributed by atoms with van der Waals surface area (Å²) in [5, 5.41) is 10.3. The topological polar surface area (TPSA) is 85.3 Å². The van der Waals surface area contributed by atoms with E-state index in [1.165, 1.54) is 0 Å². The van der Waals surface area contributed by atoms with Gasteiger partial charge in [0.15, 0.2) is 0 Å². The van der Waals surface area contributed by atoms with Gasteiger partial charge in [-0.05, 0) is 54.0 Å². The second kappa shape index (κ2) is 7.43. The average molecular weight is 383 g/mol. The number of esters is 1. The molecule has 5 atom stereocenters. The predicted octanol–water partition coefficient (Wildman–Crippen LogP) is 2.86. The number of amides is 1. The number of nitrogens with zero attached hydrogens (tertiary/aromatic N) is 1. The van der Waals surface area contributed by atoms with Crippen molar-refractivity contribution in [3.8, 4) is 0 Å². The lowest BCUT2D eigenvalue weighted by Gasteiger charge is -2.38. The Balaban J connectivity index is 2.24. The number of carbonyl (C=O) groups is 2. The van der Waals surface area contributed by atoms with E-state index in [9.17, 15) is 14.7 Å². The molecule has 0 bridgehead atoms. The Labute approximate surface area is 161 Å². The fourth-order valence-electron chi connectivity index (χ4n) is 3.64. The summed E-state index contributed by atoms with van der Waals surface area (Å²) >= 11 is 0. The molecule has 2 fully saturated rings. The zero-order valence-corrected chi connectivity index (χ0v) is 17.6. The summed E-state index contributed by atoms with van der Waals surface area (Å²) in [5.41, 5.74) is -0.652. The third kappa shape index (κ3) is 4.63. The van der Waals surface area contributed by atoms with Crippen LogP contribution < -0.4 is 0 Å². The number of hydrogen-bond acceptors (Lipinski definition) is 6. The highest BCUT2D eigenvalue weighted by Gasteiger charge is 2.46. The number of rotatable bonds is 2. The first-order chi connectivity index (χ1) is 12.2. The van der Waals surface area contributed by atoms with Crippen molar-refractivity contribution >= 4 is 12.1 Å². The number of cyclic esters (lactones) is 1. The van der Waals surface area contributed by atoms with Gasteiger partial charge in [0, 0.05) is 5.92 Å². The molecule has 0 saturated carbocycles. The van der Waals surface area contributed by atoms with E-state index in [2.05, 4.69) is 0 Å². The first-order valence-electron chi connectivity index (χ1n) is 9.48. The van der Waals surface area contributed by atoms with Gasteiger partial charge in [-0.3, -0.25) is 9.69 Å². The molecular weight excluding hydrogens is 350 g/mol. The van der Waals surface area contributed by atoms with E-state index in [1.807, 2.05) is 54.5 Å². The van der Waals surface area contributed by atoms with E-state index >= 15 is 0 Å². The van der Waals surface area contributed by atoms with E-state index in [1.54, 1.807) is 11.8 Å². The predicted molar refractivity (Wildman–Crippen MR) is 99.9 cm³/mol. The minimum absolute atomic E-state index is 0.237. The van der Waals surface area contributed by atoms with E-state index in [0.717, 1.165) is 5.57 Å². The summed E-state index contributed by atoms with van der Waals surface area (Å²) in [6.07, 6.45) is 0.114. The molecule has 7 heteroatoms. The van der Waals surface area contributed by atoms with Gasteiger partial charge >= 0.3 is 12.1 Å². The third-order valence-electron chi connectivity index (χ3n) is 5.16. The van der Waals surface area contributed by atoms with Crippen LogP contribution in [-0.2, 0) is 19.0 Å². The highest BCUT2D eigenvalue weighted by Crippen LogP contribution is 2.34. The van der Waals surface area contributed by atoms with Crippen molar-refractivity contribution in [2.75, 3.05) is 6.61 Å². The molecule has 2 aliphatic rings. The van der Waals surface area contributed by atoms with Crippen LogP contribution in [0, 0.1) is 11.8 Å². The van der Waals surface area contributed by atoms with Gasteiger partial charge in [-0.1, -0.05) is 13.0 Å². The number of aliphatic hydroxyl groups is 1. The lowest BCUT2D eigenvalue weighted by Crippen LogP contribution is -2.50. The second-order valence-corrected chi connectivity index (χ2v) is 9.08. The van der Waals surface area contributed by atoms with Gasteiger partial charge in [0.25, 0.3) is 0 Å². The van der Waals surface area contributed by atoms with Crippen LogP contribution in [0.25, 0.3) is 0 Å². The van der Waals surface area contributed by atoms with Crippen molar-refractivity contribution in [1.29, 1.82) is 0 Å². The molecule has 27 heavy (non-hydrogen) atoms. The lowest BCUT2D eigenvalue weighted by atomic mass is 9.83. The first-order valence-corrected chi connectivity index (χ1v) is 9.48. The molecule has 0 aromatic heterocycles. The summed E-state index contributed by atoms with van der Waals surface area (Å²) in [7, 11) is 0. The molecule has 1 N–H and O–H groups in total. The van der Waals surface area contributed by atoms with E-state index < -0.39 is 41.5 Å².